The molecule has 23 heavy (non-hydrogen) atoms. The van der Waals surface area contributed by atoms with E-state index in [1.165, 1.54) is 6.07 Å². The van der Waals surface area contributed by atoms with Crippen molar-refractivity contribution in [1.82, 2.24) is 0 Å². The van der Waals surface area contributed by atoms with Crippen molar-refractivity contribution in [1.29, 1.82) is 0 Å². The minimum absolute atomic E-state index is 0.0229. The first kappa shape index (κ1) is 17.3. The highest BCUT2D eigenvalue weighted by Gasteiger charge is 2.22. The van der Waals surface area contributed by atoms with Gasteiger partial charge in [-0.1, -0.05) is 18.6 Å². The predicted molar refractivity (Wildman–Crippen MR) is 86.6 cm³/mol. The molecule has 0 saturated heterocycles. The zero-order chi connectivity index (χ0) is 16.8. The largest absolute Gasteiger partial charge is 0.508 e. The van der Waals surface area contributed by atoms with Crippen molar-refractivity contribution in [2.45, 2.75) is 57.7 Å². The Kier molecular flexibility index (Phi) is 6.04. The summed E-state index contributed by atoms with van der Waals surface area (Å²) < 4.78 is 5.36. The first-order chi connectivity index (χ1) is 11.0. The number of benzene rings is 1. The molecule has 1 aliphatic heterocycles. The molecule has 0 radical (unpaired) electrons. The molecule has 2 atom stereocenters. The van der Waals surface area contributed by atoms with Gasteiger partial charge in [-0.3, -0.25) is 0 Å². The van der Waals surface area contributed by atoms with E-state index in [1.807, 2.05) is 6.08 Å². The Labute approximate surface area is 136 Å². The number of carbonyl (C=O) groups excluding carboxylic acids is 1. The molecule has 0 saturated carbocycles. The summed E-state index contributed by atoms with van der Waals surface area (Å²) in [5, 5.41) is 29.8. The van der Waals surface area contributed by atoms with Crippen LogP contribution in [0.25, 0.3) is 0 Å². The number of allylic oxidation sites excluding steroid dienone is 1. The number of rotatable bonds is 0. The summed E-state index contributed by atoms with van der Waals surface area (Å²) >= 11 is 0. The molecule has 1 heterocycles. The van der Waals surface area contributed by atoms with Crippen LogP contribution in [-0.4, -0.2) is 33.5 Å². The minimum Gasteiger partial charge on any atom is -0.508 e. The number of ether oxygens (including phenoxy) is 1. The van der Waals surface area contributed by atoms with Crippen LogP contribution in [0.5, 0.6) is 11.5 Å². The molecular weight excluding hydrogens is 296 g/mol. The summed E-state index contributed by atoms with van der Waals surface area (Å²) in [5.41, 5.74) is 0.426. The summed E-state index contributed by atoms with van der Waals surface area (Å²) in [6.45, 7) is 1.79. The second kappa shape index (κ2) is 8.02. The van der Waals surface area contributed by atoms with E-state index in [0.717, 1.165) is 25.3 Å². The molecule has 0 fully saturated rings. The zero-order valence-electron chi connectivity index (χ0n) is 13.4. The molecule has 0 spiro atoms. The van der Waals surface area contributed by atoms with Gasteiger partial charge in [0.2, 0.25) is 0 Å². The molecule has 1 unspecified atom stereocenters. The number of phenols is 2. The number of hydrogen-bond acceptors (Lipinski definition) is 5. The van der Waals surface area contributed by atoms with Crippen LogP contribution in [0.4, 0.5) is 0 Å². The average molecular weight is 320 g/mol. The van der Waals surface area contributed by atoms with Crippen LogP contribution in [0.15, 0.2) is 24.3 Å². The highest BCUT2D eigenvalue weighted by Crippen LogP contribution is 2.30. The smallest absolute Gasteiger partial charge is 0.342 e. The van der Waals surface area contributed by atoms with Crippen molar-refractivity contribution < 1.29 is 24.9 Å². The highest BCUT2D eigenvalue weighted by molar-refractivity contribution is 5.94. The molecule has 126 valence electrons. The lowest BCUT2D eigenvalue weighted by molar-refractivity contribution is 0.0342. The number of aliphatic hydroxyl groups is 1. The second-order valence-corrected chi connectivity index (χ2v) is 6.06. The van der Waals surface area contributed by atoms with E-state index in [-0.39, 0.29) is 29.6 Å². The van der Waals surface area contributed by atoms with Crippen LogP contribution < -0.4 is 0 Å². The Morgan fingerprint density at radius 1 is 1.17 bits per heavy atom. The number of cyclic esters (lactones) is 1. The third-order valence-corrected chi connectivity index (χ3v) is 3.94. The number of carbonyl (C=O) groups is 1. The van der Waals surface area contributed by atoms with Crippen LogP contribution in [0.3, 0.4) is 0 Å². The van der Waals surface area contributed by atoms with Gasteiger partial charge in [0.05, 0.1) is 6.10 Å². The fourth-order valence-electron chi connectivity index (χ4n) is 2.76. The number of hydrogen-bond donors (Lipinski definition) is 3. The van der Waals surface area contributed by atoms with Crippen LogP contribution >= 0.6 is 0 Å². The van der Waals surface area contributed by atoms with E-state index in [9.17, 15) is 20.1 Å². The quantitative estimate of drug-likeness (QED) is 0.505. The normalized spacial score (nSPS) is 25.0. The molecule has 5 nitrogen and oxygen atoms in total. The fraction of sp³-hybridized carbons (Fsp3) is 0.500. The summed E-state index contributed by atoms with van der Waals surface area (Å²) in [5.74, 6) is -1.10. The van der Waals surface area contributed by atoms with Crippen molar-refractivity contribution in [3.05, 3.63) is 35.4 Å². The first-order valence-corrected chi connectivity index (χ1v) is 8.06. The van der Waals surface area contributed by atoms with Gasteiger partial charge < -0.3 is 20.1 Å². The van der Waals surface area contributed by atoms with E-state index < -0.39 is 12.1 Å². The first-order valence-electron chi connectivity index (χ1n) is 8.06. The van der Waals surface area contributed by atoms with Gasteiger partial charge in [0.15, 0.2) is 0 Å². The number of aliphatic hydroxyl groups excluding tert-OH is 1. The number of fused-ring (bicyclic) bond motifs is 1. The molecule has 3 N–H and O–H groups in total. The van der Waals surface area contributed by atoms with Gasteiger partial charge in [-0.05, 0) is 44.2 Å². The van der Waals surface area contributed by atoms with E-state index >= 15 is 0 Å². The summed E-state index contributed by atoms with van der Waals surface area (Å²) in [7, 11) is 0. The number of esters is 1. The molecule has 5 heteroatoms. The zero-order valence-corrected chi connectivity index (χ0v) is 13.4. The SMILES string of the molecule is C[C@@H]1C/C=C/CCCCC(O)Cc2cc(O)cc(O)c2C(=O)O1. The maximum atomic E-state index is 12.4. The van der Waals surface area contributed by atoms with E-state index in [0.29, 0.717) is 18.4 Å². The third kappa shape index (κ3) is 4.99. The Bertz CT molecular complexity index is 579. The lowest BCUT2D eigenvalue weighted by atomic mass is 9.97. The van der Waals surface area contributed by atoms with E-state index in [4.69, 9.17) is 4.74 Å². The Balaban J connectivity index is 2.32. The van der Waals surface area contributed by atoms with Gasteiger partial charge >= 0.3 is 5.97 Å². The monoisotopic (exact) mass is 320 g/mol. The maximum absolute atomic E-state index is 12.4. The summed E-state index contributed by atoms with van der Waals surface area (Å²) in [6.07, 6.45) is 7.31. The van der Waals surface area contributed by atoms with Crippen LogP contribution in [0.2, 0.25) is 0 Å². The molecule has 0 amide bonds. The fourth-order valence-corrected chi connectivity index (χ4v) is 2.76. The number of phenolic OH excluding ortho intramolecular Hbond substituents is 2. The van der Waals surface area contributed by atoms with Crippen LogP contribution in [0, 0.1) is 0 Å². The van der Waals surface area contributed by atoms with Crippen molar-refractivity contribution in [3.8, 4) is 11.5 Å². The lowest BCUT2D eigenvalue weighted by Crippen LogP contribution is -2.18. The van der Waals surface area contributed by atoms with Gasteiger partial charge in [-0.2, -0.15) is 0 Å². The predicted octanol–water partition coefficient (Wildman–Crippen LogP) is 3.07. The van der Waals surface area contributed by atoms with Crippen molar-refractivity contribution >= 4 is 5.97 Å². The molecule has 0 bridgehead atoms. The van der Waals surface area contributed by atoms with E-state index in [2.05, 4.69) is 6.08 Å². The Morgan fingerprint density at radius 3 is 2.74 bits per heavy atom. The number of aromatic hydroxyl groups is 2. The van der Waals surface area contributed by atoms with Gasteiger partial charge in [0.1, 0.15) is 23.2 Å². The Hall–Kier alpha value is -2.01. The minimum atomic E-state index is -0.636. The van der Waals surface area contributed by atoms with Crippen LogP contribution in [0.1, 0.15) is 54.9 Å². The molecule has 1 aromatic rings. The van der Waals surface area contributed by atoms with Crippen molar-refractivity contribution in [2.75, 3.05) is 0 Å². The molecule has 1 aromatic carbocycles. The summed E-state index contributed by atoms with van der Waals surface area (Å²) in [6, 6.07) is 2.51. The topological polar surface area (TPSA) is 87.0 Å². The summed E-state index contributed by atoms with van der Waals surface area (Å²) in [4.78, 5) is 12.4. The van der Waals surface area contributed by atoms with Gasteiger partial charge in [0.25, 0.3) is 0 Å². The van der Waals surface area contributed by atoms with Crippen LogP contribution in [-0.2, 0) is 11.2 Å². The molecule has 1 aliphatic rings. The maximum Gasteiger partial charge on any atom is 0.342 e. The van der Waals surface area contributed by atoms with Gasteiger partial charge in [-0.15, -0.1) is 0 Å². The van der Waals surface area contributed by atoms with E-state index in [1.54, 1.807) is 6.92 Å². The average Bonchev–Trinajstić information content (AvgIpc) is 2.44. The lowest BCUT2D eigenvalue weighted by Gasteiger charge is -2.17. The van der Waals surface area contributed by atoms with Gasteiger partial charge in [-0.25, -0.2) is 4.79 Å². The van der Waals surface area contributed by atoms with Gasteiger partial charge in [0, 0.05) is 12.5 Å². The Morgan fingerprint density at radius 2 is 1.96 bits per heavy atom. The molecule has 0 aliphatic carbocycles. The second-order valence-electron chi connectivity index (χ2n) is 6.06. The van der Waals surface area contributed by atoms with Crippen molar-refractivity contribution in [3.63, 3.8) is 0 Å². The van der Waals surface area contributed by atoms with Crippen molar-refractivity contribution in [2.24, 2.45) is 0 Å². The molecule has 2 rings (SSSR count). The standard InChI is InChI=1S/C18H24O5/c1-12-7-5-3-2-4-6-8-14(19)9-13-10-15(20)11-16(21)17(13)18(22)23-12/h3,5,10-12,14,19-21H,2,4,6-9H2,1H3/b5-3+/t12-,14?/m1/s1. The molecular formula is C18H24O5. The third-order valence-electron chi connectivity index (χ3n) is 3.94. The molecule has 0 aromatic heterocycles. The highest BCUT2D eigenvalue weighted by atomic mass is 16.5.